The maximum Gasteiger partial charge on any atom is 0.409 e. The van der Waals surface area contributed by atoms with Gasteiger partial charge in [0.15, 0.2) is 0 Å². The van der Waals surface area contributed by atoms with E-state index in [0.717, 1.165) is 10.5 Å². The average Bonchev–Trinajstić information content (AvgIpc) is 2.56. The van der Waals surface area contributed by atoms with Crippen molar-refractivity contribution >= 4 is 23.8 Å². The van der Waals surface area contributed by atoms with E-state index in [4.69, 9.17) is 4.74 Å². The topological polar surface area (TPSA) is 70.1 Å². The molecule has 1 amide bonds. The number of hydrogen-bond acceptors (Lipinski definition) is 5. The first-order valence-electron chi connectivity index (χ1n) is 7.59. The van der Waals surface area contributed by atoms with Gasteiger partial charge >= 0.3 is 12.1 Å². The third-order valence-corrected chi connectivity index (χ3v) is 4.57. The lowest BCUT2D eigenvalue weighted by Gasteiger charge is -2.37. The molecule has 0 aliphatic carbocycles. The van der Waals surface area contributed by atoms with Crippen LogP contribution in [0.3, 0.4) is 0 Å². The molecule has 1 saturated heterocycles. The summed E-state index contributed by atoms with van der Waals surface area (Å²) in [4.78, 5) is 28.1. The summed E-state index contributed by atoms with van der Waals surface area (Å²) >= 11 is 1.59. The summed E-state index contributed by atoms with van der Waals surface area (Å²) in [5.74, 6) is -0.868. The maximum absolute atomic E-state index is 11.8. The van der Waals surface area contributed by atoms with Crippen molar-refractivity contribution in [2.45, 2.75) is 17.9 Å². The normalized spacial score (nSPS) is 16.9. The third-order valence-electron chi connectivity index (χ3n) is 3.85. The van der Waals surface area contributed by atoms with Crippen molar-refractivity contribution in [1.82, 2.24) is 9.80 Å². The van der Waals surface area contributed by atoms with Gasteiger partial charge in [0.25, 0.3) is 0 Å². The van der Waals surface area contributed by atoms with E-state index in [1.54, 1.807) is 23.6 Å². The highest BCUT2D eigenvalue weighted by molar-refractivity contribution is 7.98. The first-order valence-corrected chi connectivity index (χ1v) is 8.81. The Kier molecular flexibility index (Phi) is 6.29. The molecular weight excluding hydrogens is 316 g/mol. The van der Waals surface area contributed by atoms with Crippen LogP contribution in [0.2, 0.25) is 0 Å². The van der Waals surface area contributed by atoms with E-state index >= 15 is 0 Å². The van der Waals surface area contributed by atoms with Crippen molar-refractivity contribution in [3.63, 3.8) is 0 Å². The van der Waals surface area contributed by atoms with Crippen LogP contribution in [0.25, 0.3) is 0 Å². The van der Waals surface area contributed by atoms with Crippen molar-refractivity contribution < 1.29 is 19.4 Å². The van der Waals surface area contributed by atoms with Crippen LogP contribution in [0.15, 0.2) is 29.2 Å². The Morgan fingerprint density at radius 2 is 2.00 bits per heavy atom. The van der Waals surface area contributed by atoms with Crippen molar-refractivity contribution in [3.8, 4) is 0 Å². The fourth-order valence-corrected chi connectivity index (χ4v) is 3.17. The van der Waals surface area contributed by atoms with Gasteiger partial charge in [-0.15, -0.1) is 11.8 Å². The van der Waals surface area contributed by atoms with Crippen LogP contribution in [0.1, 0.15) is 18.5 Å². The van der Waals surface area contributed by atoms with Crippen molar-refractivity contribution in [3.05, 3.63) is 29.8 Å². The first kappa shape index (κ1) is 17.6. The minimum Gasteiger partial charge on any atom is -0.480 e. The number of benzene rings is 1. The monoisotopic (exact) mass is 338 g/mol. The molecule has 7 heteroatoms. The molecule has 0 unspecified atom stereocenters. The number of aliphatic carboxylic acids is 1. The van der Waals surface area contributed by atoms with Gasteiger partial charge in [0.05, 0.1) is 6.61 Å². The Morgan fingerprint density at radius 1 is 1.30 bits per heavy atom. The minimum atomic E-state index is -0.868. The Morgan fingerprint density at radius 3 is 2.57 bits per heavy atom. The molecule has 1 heterocycles. The molecule has 1 aromatic carbocycles. The van der Waals surface area contributed by atoms with Crippen LogP contribution in [-0.4, -0.2) is 66.0 Å². The van der Waals surface area contributed by atoms with Gasteiger partial charge < -0.3 is 14.7 Å². The molecule has 6 nitrogen and oxygen atoms in total. The Labute approximate surface area is 140 Å². The predicted octanol–water partition coefficient (Wildman–Crippen LogP) is 2.31. The summed E-state index contributed by atoms with van der Waals surface area (Å²) in [5, 5.41) is 9.65. The summed E-state index contributed by atoms with van der Waals surface area (Å²) in [7, 11) is 0. The van der Waals surface area contributed by atoms with E-state index in [1.165, 1.54) is 0 Å². The number of ether oxygens (including phenoxy) is 1. The number of carboxylic acids is 1. The number of nitrogens with zero attached hydrogens (tertiary/aromatic N) is 2. The zero-order valence-electron chi connectivity index (χ0n) is 13.4. The minimum absolute atomic E-state index is 0.330. The second-order valence-corrected chi connectivity index (χ2v) is 6.12. The SMILES string of the molecule is CCOC(=O)N1CCN([C@@H](C(=O)O)c2cccc(SC)c2)CC1. The van der Waals surface area contributed by atoms with E-state index in [2.05, 4.69) is 0 Å². The molecule has 1 N–H and O–H groups in total. The predicted molar refractivity (Wildman–Crippen MR) is 88.8 cm³/mol. The molecule has 0 aromatic heterocycles. The zero-order chi connectivity index (χ0) is 16.8. The second-order valence-electron chi connectivity index (χ2n) is 5.24. The van der Waals surface area contributed by atoms with Gasteiger partial charge in [0.1, 0.15) is 6.04 Å². The lowest BCUT2D eigenvalue weighted by Crippen LogP contribution is -2.51. The summed E-state index contributed by atoms with van der Waals surface area (Å²) in [5.41, 5.74) is 0.772. The molecule has 1 fully saturated rings. The Balaban J connectivity index is 2.08. The largest absolute Gasteiger partial charge is 0.480 e. The molecule has 1 aliphatic heterocycles. The van der Waals surface area contributed by atoms with E-state index in [9.17, 15) is 14.7 Å². The average molecular weight is 338 g/mol. The maximum atomic E-state index is 11.8. The van der Waals surface area contributed by atoms with E-state index in [-0.39, 0.29) is 6.09 Å². The number of amides is 1. The number of thioether (sulfide) groups is 1. The Hall–Kier alpha value is -1.73. The highest BCUT2D eigenvalue weighted by Crippen LogP contribution is 2.26. The van der Waals surface area contributed by atoms with Crippen LogP contribution in [0, 0.1) is 0 Å². The lowest BCUT2D eigenvalue weighted by molar-refractivity contribution is -0.144. The number of piperazine rings is 1. The molecule has 0 spiro atoms. The molecule has 1 atom stereocenters. The highest BCUT2D eigenvalue weighted by atomic mass is 32.2. The fraction of sp³-hybridized carbons (Fsp3) is 0.500. The van der Waals surface area contributed by atoms with Gasteiger partial charge in [0.2, 0.25) is 0 Å². The summed E-state index contributed by atoms with van der Waals surface area (Å²) < 4.78 is 4.99. The summed E-state index contributed by atoms with van der Waals surface area (Å²) in [6, 6.07) is 6.92. The summed E-state index contributed by atoms with van der Waals surface area (Å²) in [6.45, 7) is 4.10. The van der Waals surface area contributed by atoms with Crippen molar-refractivity contribution in [2.75, 3.05) is 39.0 Å². The van der Waals surface area contributed by atoms with Crippen LogP contribution >= 0.6 is 11.8 Å². The number of carbonyl (C=O) groups is 2. The smallest absolute Gasteiger partial charge is 0.409 e. The van der Waals surface area contributed by atoms with Crippen LogP contribution < -0.4 is 0 Å². The van der Waals surface area contributed by atoms with Gasteiger partial charge in [0, 0.05) is 31.1 Å². The molecule has 0 bridgehead atoms. The van der Waals surface area contributed by atoms with E-state index in [1.807, 2.05) is 35.4 Å². The molecule has 0 saturated carbocycles. The number of carboxylic acid groups (broad SMARTS) is 1. The standard InChI is InChI=1S/C16H22N2O4S/c1-3-22-16(21)18-9-7-17(8-10-18)14(15(19)20)12-5-4-6-13(11-12)23-2/h4-6,11,14H,3,7-10H2,1-2H3,(H,19,20)/t14-/m1/s1. The highest BCUT2D eigenvalue weighted by Gasteiger charge is 2.31. The quantitative estimate of drug-likeness (QED) is 0.831. The molecule has 23 heavy (non-hydrogen) atoms. The van der Waals surface area contributed by atoms with Crippen molar-refractivity contribution in [1.29, 1.82) is 0 Å². The van der Waals surface area contributed by atoms with Gasteiger partial charge in [-0.1, -0.05) is 12.1 Å². The van der Waals surface area contributed by atoms with Crippen LogP contribution in [0.5, 0.6) is 0 Å². The molecule has 2 rings (SSSR count). The van der Waals surface area contributed by atoms with E-state index in [0.29, 0.717) is 32.8 Å². The second kappa shape index (κ2) is 8.21. The van der Waals surface area contributed by atoms with Crippen LogP contribution in [-0.2, 0) is 9.53 Å². The zero-order valence-corrected chi connectivity index (χ0v) is 14.2. The molecule has 1 aliphatic rings. The van der Waals surface area contributed by atoms with E-state index < -0.39 is 12.0 Å². The number of rotatable bonds is 5. The molecular formula is C16H22N2O4S. The van der Waals surface area contributed by atoms with Gasteiger partial charge in [-0.05, 0) is 30.9 Å². The van der Waals surface area contributed by atoms with Gasteiger partial charge in [-0.2, -0.15) is 0 Å². The van der Waals surface area contributed by atoms with Crippen LogP contribution in [0.4, 0.5) is 4.79 Å². The van der Waals surface area contributed by atoms with Gasteiger partial charge in [-0.3, -0.25) is 9.69 Å². The molecule has 1 aromatic rings. The molecule has 0 radical (unpaired) electrons. The number of carbonyl (C=O) groups excluding carboxylic acids is 1. The third kappa shape index (κ3) is 4.39. The lowest BCUT2D eigenvalue weighted by atomic mass is 10.0. The number of hydrogen-bond donors (Lipinski definition) is 1. The first-order chi connectivity index (χ1) is 11.1. The van der Waals surface area contributed by atoms with Crippen molar-refractivity contribution in [2.24, 2.45) is 0 Å². The molecule has 126 valence electrons. The Bertz CT molecular complexity index is 559. The fourth-order valence-electron chi connectivity index (χ4n) is 2.70. The summed E-state index contributed by atoms with van der Waals surface area (Å²) in [6.07, 6.45) is 1.64. The van der Waals surface area contributed by atoms with Gasteiger partial charge in [-0.25, -0.2) is 4.79 Å².